The van der Waals surface area contributed by atoms with Gasteiger partial charge < -0.3 is 10.2 Å². The first-order chi connectivity index (χ1) is 7.79. The van der Waals surface area contributed by atoms with Gasteiger partial charge in [-0.25, -0.2) is 0 Å². The predicted molar refractivity (Wildman–Crippen MR) is 66.1 cm³/mol. The number of hydrogen-bond acceptors (Lipinski definition) is 6. The number of carbonyl (C=O) groups excluding carboxylic acids is 1. The molecule has 0 aromatic carbocycles. The third-order valence-corrected chi connectivity index (χ3v) is 4.50. The molecule has 1 aliphatic heterocycles. The van der Waals surface area contributed by atoms with E-state index in [2.05, 4.69) is 20.4 Å². The standard InChI is InChI=1S/C9H14N4OS2/c1-10-7(14)6-15-9-12-11-8(16-9)13-4-2-3-5-13/h2-6H2,1H3,(H,10,14). The highest BCUT2D eigenvalue weighted by molar-refractivity contribution is 8.01. The number of thioether (sulfide) groups is 1. The number of nitrogens with zero attached hydrogens (tertiary/aromatic N) is 3. The van der Waals surface area contributed by atoms with Crippen LogP contribution in [0.15, 0.2) is 4.34 Å². The van der Waals surface area contributed by atoms with Crippen LogP contribution in [0.25, 0.3) is 0 Å². The van der Waals surface area contributed by atoms with Crippen molar-refractivity contribution in [1.82, 2.24) is 15.5 Å². The van der Waals surface area contributed by atoms with Crippen LogP contribution >= 0.6 is 23.1 Å². The Morgan fingerprint density at radius 1 is 1.50 bits per heavy atom. The second-order valence-corrected chi connectivity index (χ2v) is 5.68. The first-order valence-electron chi connectivity index (χ1n) is 5.21. The normalized spacial score (nSPS) is 15.4. The highest BCUT2D eigenvalue weighted by atomic mass is 32.2. The number of carbonyl (C=O) groups is 1. The summed E-state index contributed by atoms with van der Waals surface area (Å²) in [5.41, 5.74) is 0. The quantitative estimate of drug-likeness (QED) is 0.816. The summed E-state index contributed by atoms with van der Waals surface area (Å²) in [7, 11) is 1.64. The van der Waals surface area contributed by atoms with Gasteiger partial charge in [-0.2, -0.15) is 0 Å². The molecule has 0 atom stereocenters. The molecule has 0 radical (unpaired) electrons. The number of amides is 1. The lowest BCUT2D eigenvalue weighted by Gasteiger charge is -2.10. The van der Waals surface area contributed by atoms with Crippen molar-refractivity contribution in [2.45, 2.75) is 17.2 Å². The third-order valence-electron chi connectivity index (χ3n) is 2.38. The van der Waals surface area contributed by atoms with Gasteiger partial charge >= 0.3 is 0 Å². The summed E-state index contributed by atoms with van der Waals surface area (Å²) in [6.45, 7) is 2.16. The van der Waals surface area contributed by atoms with Crippen molar-refractivity contribution >= 4 is 34.1 Å². The van der Waals surface area contributed by atoms with E-state index in [-0.39, 0.29) is 5.91 Å². The fourth-order valence-corrected chi connectivity index (χ4v) is 3.26. The Hall–Kier alpha value is -0.820. The molecule has 1 fully saturated rings. The minimum atomic E-state index is 0.0166. The molecule has 0 spiro atoms. The monoisotopic (exact) mass is 258 g/mol. The third kappa shape index (κ3) is 2.85. The first-order valence-corrected chi connectivity index (χ1v) is 7.01. The number of anilines is 1. The lowest BCUT2D eigenvalue weighted by Crippen LogP contribution is -2.19. The molecule has 16 heavy (non-hydrogen) atoms. The zero-order chi connectivity index (χ0) is 11.4. The van der Waals surface area contributed by atoms with Gasteiger partial charge in [-0.05, 0) is 12.8 Å². The maximum absolute atomic E-state index is 11.1. The fourth-order valence-electron chi connectivity index (χ4n) is 1.50. The largest absolute Gasteiger partial charge is 0.358 e. The van der Waals surface area contributed by atoms with Gasteiger partial charge in [0.1, 0.15) is 0 Å². The molecular formula is C9H14N4OS2. The van der Waals surface area contributed by atoms with Crippen molar-refractivity contribution in [2.75, 3.05) is 30.8 Å². The molecule has 1 aromatic rings. The van der Waals surface area contributed by atoms with Gasteiger partial charge in [-0.15, -0.1) is 10.2 Å². The van der Waals surface area contributed by atoms with Crippen molar-refractivity contribution in [1.29, 1.82) is 0 Å². The lowest BCUT2D eigenvalue weighted by molar-refractivity contribution is -0.118. The molecule has 1 saturated heterocycles. The molecule has 7 heteroatoms. The molecule has 1 amide bonds. The molecule has 2 rings (SSSR count). The van der Waals surface area contributed by atoms with Gasteiger partial charge in [0.05, 0.1) is 5.75 Å². The highest BCUT2D eigenvalue weighted by Gasteiger charge is 2.17. The van der Waals surface area contributed by atoms with Crippen LogP contribution in [0.5, 0.6) is 0 Å². The minimum absolute atomic E-state index is 0.0166. The van der Waals surface area contributed by atoms with E-state index in [0.717, 1.165) is 22.6 Å². The summed E-state index contributed by atoms with van der Waals surface area (Å²) >= 11 is 3.01. The number of rotatable bonds is 4. The van der Waals surface area contributed by atoms with Gasteiger partial charge in [0.25, 0.3) is 0 Å². The summed E-state index contributed by atoms with van der Waals surface area (Å²) < 4.78 is 0.866. The van der Waals surface area contributed by atoms with Gasteiger partial charge in [0, 0.05) is 20.1 Å². The Balaban J connectivity index is 1.89. The summed E-state index contributed by atoms with van der Waals surface area (Å²) in [5.74, 6) is 0.424. The van der Waals surface area contributed by atoms with Crippen molar-refractivity contribution < 1.29 is 4.79 Å². The Labute approximate surface area is 103 Å². The van der Waals surface area contributed by atoms with E-state index in [4.69, 9.17) is 0 Å². The van der Waals surface area contributed by atoms with Crippen LogP contribution < -0.4 is 10.2 Å². The van der Waals surface area contributed by atoms with Crippen LogP contribution in [0.3, 0.4) is 0 Å². The topological polar surface area (TPSA) is 58.1 Å². The van der Waals surface area contributed by atoms with E-state index >= 15 is 0 Å². The van der Waals surface area contributed by atoms with E-state index in [1.165, 1.54) is 24.6 Å². The Morgan fingerprint density at radius 2 is 2.25 bits per heavy atom. The molecule has 1 aliphatic rings. The maximum Gasteiger partial charge on any atom is 0.230 e. The van der Waals surface area contributed by atoms with Crippen molar-refractivity contribution in [3.05, 3.63) is 0 Å². The molecule has 1 N–H and O–H groups in total. The average Bonchev–Trinajstić information content (AvgIpc) is 2.95. The van der Waals surface area contributed by atoms with E-state index in [9.17, 15) is 4.79 Å². The molecule has 1 aromatic heterocycles. The summed E-state index contributed by atoms with van der Waals surface area (Å²) in [6.07, 6.45) is 2.47. The molecular weight excluding hydrogens is 244 g/mol. The molecule has 0 saturated carbocycles. The van der Waals surface area contributed by atoms with Crippen molar-refractivity contribution in [3.8, 4) is 0 Å². The number of hydrogen-bond donors (Lipinski definition) is 1. The second kappa shape index (κ2) is 5.49. The van der Waals surface area contributed by atoms with E-state index < -0.39 is 0 Å². The summed E-state index contributed by atoms with van der Waals surface area (Å²) in [6, 6.07) is 0. The smallest absolute Gasteiger partial charge is 0.230 e. The fraction of sp³-hybridized carbons (Fsp3) is 0.667. The number of nitrogens with one attached hydrogen (secondary N) is 1. The number of aromatic nitrogens is 2. The zero-order valence-electron chi connectivity index (χ0n) is 9.10. The highest BCUT2D eigenvalue weighted by Crippen LogP contribution is 2.29. The Morgan fingerprint density at radius 3 is 2.94 bits per heavy atom. The van der Waals surface area contributed by atoms with Gasteiger partial charge in [0.2, 0.25) is 11.0 Å². The average molecular weight is 258 g/mol. The van der Waals surface area contributed by atoms with Crippen LogP contribution in [-0.4, -0.2) is 42.0 Å². The lowest BCUT2D eigenvalue weighted by atomic mass is 10.4. The maximum atomic E-state index is 11.1. The van der Waals surface area contributed by atoms with E-state index in [0.29, 0.717) is 5.75 Å². The zero-order valence-corrected chi connectivity index (χ0v) is 10.7. The van der Waals surface area contributed by atoms with Crippen LogP contribution in [0.4, 0.5) is 5.13 Å². The van der Waals surface area contributed by atoms with Gasteiger partial charge in [-0.1, -0.05) is 23.1 Å². The SMILES string of the molecule is CNC(=O)CSc1nnc(N2CCCC2)s1. The van der Waals surface area contributed by atoms with Crippen molar-refractivity contribution in [2.24, 2.45) is 0 Å². The first kappa shape index (κ1) is 11.7. The Kier molecular flexibility index (Phi) is 4.00. The van der Waals surface area contributed by atoms with E-state index in [1.807, 2.05) is 0 Å². The Bertz CT molecular complexity index is 362. The predicted octanol–water partition coefficient (Wildman–Crippen LogP) is 0.976. The molecule has 88 valence electrons. The van der Waals surface area contributed by atoms with E-state index in [1.54, 1.807) is 18.4 Å². The minimum Gasteiger partial charge on any atom is -0.358 e. The van der Waals surface area contributed by atoms with Crippen LogP contribution in [-0.2, 0) is 4.79 Å². The van der Waals surface area contributed by atoms with Gasteiger partial charge in [0.15, 0.2) is 4.34 Å². The van der Waals surface area contributed by atoms with Crippen molar-refractivity contribution in [3.63, 3.8) is 0 Å². The summed E-state index contributed by atoms with van der Waals surface area (Å²) in [4.78, 5) is 13.3. The van der Waals surface area contributed by atoms with Crippen LogP contribution in [0.1, 0.15) is 12.8 Å². The molecule has 0 aliphatic carbocycles. The van der Waals surface area contributed by atoms with Crippen LogP contribution in [0, 0.1) is 0 Å². The van der Waals surface area contributed by atoms with Gasteiger partial charge in [-0.3, -0.25) is 4.79 Å². The molecule has 0 bridgehead atoms. The molecule has 2 heterocycles. The summed E-state index contributed by atoms with van der Waals surface area (Å²) in [5, 5.41) is 11.8. The van der Waals surface area contributed by atoms with Crippen LogP contribution in [0.2, 0.25) is 0 Å². The molecule has 5 nitrogen and oxygen atoms in total. The molecule has 0 unspecified atom stereocenters. The second-order valence-electron chi connectivity index (χ2n) is 3.51.